The first-order valence-electron chi connectivity index (χ1n) is 7.80. The van der Waals surface area contributed by atoms with E-state index in [1.54, 1.807) is 24.1 Å². The van der Waals surface area contributed by atoms with E-state index in [1.165, 1.54) is 0 Å². The van der Waals surface area contributed by atoms with Crippen LogP contribution in [-0.4, -0.2) is 33.1 Å². The summed E-state index contributed by atoms with van der Waals surface area (Å²) < 4.78 is 5.16. The molecule has 6 heteroatoms. The first-order chi connectivity index (χ1) is 11.0. The molecule has 2 aromatic rings. The second-order valence-electron chi connectivity index (χ2n) is 5.93. The zero-order valence-electron chi connectivity index (χ0n) is 13.8. The highest BCUT2D eigenvalue weighted by Gasteiger charge is 2.13. The van der Waals surface area contributed by atoms with Crippen LogP contribution in [0, 0.1) is 0 Å². The molecule has 0 aliphatic rings. The van der Waals surface area contributed by atoms with E-state index >= 15 is 0 Å². The maximum Gasteiger partial charge on any atom is 0.226 e. The van der Waals surface area contributed by atoms with Crippen LogP contribution in [0.3, 0.4) is 0 Å². The number of hydrogen-bond acceptors (Lipinski definition) is 5. The molecule has 2 rings (SSSR count). The van der Waals surface area contributed by atoms with Crippen LogP contribution in [0.1, 0.15) is 49.9 Å². The predicted octanol–water partition coefficient (Wildman–Crippen LogP) is 2.88. The van der Waals surface area contributed by atoms with Crippen molar-refractivity contribution in [3.8, 4) is 5.75 Å². The number of aromatic nitrogens is 2. The van der Waals surface area contributed by atoms with E-state index < -0.39 is 0 Å². The molecule has 0 radical (unpaired) electrons. The maximum absolute atomic E-state index is 12.1. The number of aromatic hydroxyl groups is 1. The van der Waals surface area contributed by atoms with Crippen molar-refractivity contribution in [3.63, 3.8) is 0 Å². The number of rotatable bonds is 7. The molecule has 6 nitrogen and oxygen atoms in total. The third-order valence-corrected chi connectivity index (χ3v) is 3.61. The van der Waals surface area contributed by atoms with E-state index in [1.807, 2.05) is 26.0 Å². The Morgan fingerprint density at radius 3 is 2.74 bits per heavy atom. The Labute approximate surface area is 136 Å². The molecule has 1 aromatic carbocycles. The molecular formula is C17H23N3O3. The Hall–Kier alpha value is -2.37. The molecule has 0 aliphatic carbocycles. The van der Waals surface area contributed by atoms with Gasteiger partial charge in [0.15, 0.2) is 5.82 Å². The van der Waals surface area contributed by atoms with Gasteiger partial charge < -0.3 is 14.5 Å². The number of phenolic OH excluding ortho intramolecular Hbond substituents is 1. The van der Waals surface area contributed by atoms with Crippen LogP contribution in [0.15, 0.2) is 28.8 Å². The zero-order valence-corrected chi connectivity index (χ0v) is 13.8. The Morgan fingerprint density at radius 2 is 2.09 bits per heavy atom. The topological polar surface area (TPSA) is 79.5 Å². The van der Waals surface area contributed by atoms with Crippen molar-refractivity contribution in [1.29, 1.82) is 0 Å². The van der Waals surface area contributed by atoms with E-state index in [-0.39, 0.29) is 17.6 Å². The fraction of sp³-hybridized carbons (Fsp3) is 0.471. The summed E-state index contributed by atoms with van der Waals surface area (Å²) in [6.07, 6.45) is 1.66. The number of aryl methyl sites for hydroxylation is 1. The molecule has 1 amide bonds. The Kier molecular flexibility index (Phi) is 5.73. The molecule has 1 N–H and O–H groups in total. The van der Waals surface area contributed by atoms with Crippen LogP contribution in [0.2, 0.25) is 0 Å². The second-order valence-corrected chi connectivity index (χ2v) is 5.93. The van der Waals surface area contributed by atoms with E-state index in [4.69, 9.17) is 4.52 Å². The van der Waals surface area contributed by atoms with E-state index in [2.05, 4.69) is 10.1 Å². The van der Waals surface area contributed by atoms with Gasteiger partial charge in [-0.15, -0.1) is 0 Å². The molecule has 0 saturated heterocycles. The number of phenols is 1. The SMILES string of the molecule is CC(C)c1noc(CCCC(=O)N(C)Cc2ccccc2O)n1. The minimum absolute atomic E-state index is 0.0249. The van der Waals surface area contributed by atoms with Crippen LogP contribution >= 0.6 is 0 Å². The van der Waals surface area contributed by atoms with Gasteiger partial charge in [-0.3, -0.25) is 4.79 Å². The molecule has 0 spiro atoms. The summed E-state index contributed by atoms with van der Waals surface area (Å²) in [5, 5.41) is 13.7. The van der Waals surface area contributed by atoms with Gasteiger partial charge >= 0.3 is 0 Å². The minimum Gasteiger partial charge on any atom is -0.508 e. The fourth-order valence-electron chi connectivity index (χ4n) is 2.17. The summed E-state index contributed by atoms with van der Waals surface area (Å²) in [5.74, 6) is 1.74. The normalized spacial score (nSPS) is 11.0. The fourth-order valence-corrected chi connectivity index (χ4v) is 2.17. The lowest BCUT2D eigenvalue weighted by molar-refractivity contribution is -0.130. The minimum atomic E-state index is 0.0249. The van der Waals surface area contributed by atoms with Gasteiger partial charge in [0.25, 0.3) is 0 Å². The van der Waals surface area contributed by atoms with Gasteiger partial charge in [0.2, 0.25) is 11.8 Å². The zero-order chi connectivity index (χ0) is 16.8. The van der Waals surface area contributed by atoms with Gasteiger partial charge in [-0.1, -0.05) is 37.2 Å². The van der Waals surface area contributed by atoms with Crippen molar-refractivity contribution in [2.75, 3.05) is 7.05 Å². The standard InChI is InChI=1S/C17H23N3O3/c1-12(2)17-18-15(23-19-17)9-6-10-16(22)20(3)11-13-7-4-5-8-14(13)21/h4-5,7-8,12,21H,6,9-11H2,1-3H3. The monoisotopic (exact) mass is 317 g/mol. The molecule has 0 fully saturated rings. The van der Waals surface area contributed by atoms with Crippen molar-refractivity contribution in [3.05, 3.63) is 41.5 Å². The van der Waals surface area contributed by atoms with Crippen LogP contribution in [0.5, 0.6) is 5.75 Å². The molecule has 0 aliphatic heterocycles. The second kappa shape index (κ2) is 7.76. The Balaban J connectivity index is 1.78. The van der Waals surface area contributed by atoms with Gasteiger partial charge in [-0.25, -0.2) is 0 Å². The molecule has 1 heterocycles. The molecule has 0 unspecified atom stereocenters. The van der Waals surface area contributed by atoms with E-state index in [0.717, 1.165) is 5.56 Å². The lowest BCUT2D eigenvalue weighted by atomic mass is 10.1. The third-order valence-electron chi connectivity index (χ3n) is 3.61. The van der Waals surface area contributed by atoms with Crippen LogP contribution in [0.4, 0.5) is 0 Å². The number of para-hydroxylation sites is 1. The molecule has 0 bridgehead atoms. The number of carbonyl (C=O) groups is 1. The first kappa shape index (κ1) is 17.0. The average Bonchev–Trinajstić information content (AvgIpc) is 2.98. The Morgan fingerprint density at radius 1 is 1.35 bits per heavy atom. The largest absolute Gasteiger partial charge is 0.508 e. The quantitative estimate of drug-likeness (QED) is 0.849. The molecule has 0 atom stereocenters. The summed E-state index contributed by atoms with van der Waals surface area (Å²) in [6, 6.07) is 7.03. The van der Waals surface area contributed by atoms with Crippen LogP contribution in [0.25, 0.3) is 0 Å². The van der Waals surface area contributed by atoms with E-state index in [0.29, 0.717) is 37.5 Å². The number of hydrogen-bond donors (Lipinski definition) is 1. The van der Waals surface area contributed by atoms with Crippen molar-refractivity contribution in [1.82, 2.24) is 15.0 Å². The number of amides is 1. The van der Waals surface area contributed by atoms with E-state index in [9.17, 15) is 9.90 Å². The van der Waals surface area contributed by atoms with Gasteiger partial charge in [0, 0.05) is 37.9 Å². The molecule has 0 saturated carbocycles. The van der Waals surface area contributed by atoms with Gasteiger partial charge in [0.1, 0.15) is 5.75 Å². The lowest BCUT2D eigenvalue weighted by Crippen LogP contribution is -2.26. The summed E-state index contributed by atoms with van der Waals surface area (Å²) >= 11 is 0. The number of nitrogens with zero attached hydrogens (tertiary/aromatic N) is 3. The first-order valence-corrected chi connectivity index (χ1v) is 7.80. The molecule has 23 heavy (non-hydrogen) atoms. The summed E-state index contributed by atoms with van der Waals surface area (Å²) in [5.41, 5.74) is 0.738. The molecular weight excluding hydrogens is 294 g/mol. The summed E-state index contributed by atoms with van der Waals surface area (Å²) in [7, 11) is 1.73. The number of benzene rings is 1. The highest BCUT2D eigenvalue weighted by Crippen LogP contribution is 2.18. The average molecular weight is 317 g/mol. The van der Waals surface area contributed by atoms with Gasteiger partial charge in [-0.05, 0) is 12.5 Å². The Bertz CT molecular complexity index is 652. The van der Waals surface area contributed by atoms with Crippen LogP contribution in [-0.2, 0) is 17.8 Å². The van der Waals surface area contributed by atoms with Crippen molar-refractivity contribution in [2.45, 2.75) is 45.6 Å². The van der Waals surface area contributed by atoms with Crippen molar-refractivity contribution >= 4 is 5.91 Å². The third kappa shape index (κ3) is 4.81. The van der Waals surface area contributed by atoms with Crippen molar-refractivity contribution in [2.24, 2.45) is 0 Å². The lowest BCUT2D eigenvalue weighted by Gasteiger charge is -2.17. The number of carbonyl (C=O) groups excluding carboxylic acids is 1. The summed E-state index contributed by atoms with van der Waals surface area (Å²) in [6.45, 7) is 4.40. The summed E-state index contributed by atoms with van der Waals surface area (Å²) in [4.78, 5) is 18.0. The van der Waals surface area contributed by atoms with Gasteiger partial charge in [0.05, 0.1) is 0 Å². The van der Waals surface area contributed by atoms with Gasteiger partial charge in [-0.2, -0.15) is 4.98 Å². The smallest absolute Gasteiger partial charge is 0.226 e. The maximum atomic E-state index is 12.1. The highest BCUT2D eigenvalue weighted by molar-refractivity contribution is 5.75. The van der Waals surface area contributed by atoms with Crippen molar-refractivity contribution < 1.29 is 14.4 Å². The predicted molar refractivity (Wildman–Crippen MR) is 85.9 cm³/mol. The molecule has 1 aromatic heterocycles. The highest BCUT2D eigenvalue weighted by atomic mass is 16.5. The molecule has 124 valence electrons. The van der Waals surface area contributed by atoms with Crippen LogP contribution < -0.4 is 0 Å².